The van der Waals surface area contributed by atoms with E-state index in [0.717, 1.165) is 16.5 Å². The van der Waals surface area contributed by atoms with Crippen molar-refractivity contribution in [3.05, 3.63) is 95.2 Å². The summed E-state index contributed by atoms with van der Waals surface area (Å²) in [6, 6.07) is 19.1. The molecule has 1 aliphatic heterocycles. The summed E-state index contributed by atoms with van der Waals surface area (Å²) in [5.41, 5.74) is 3.31. The lowest BCUT2D eigenvalue weighted by Crippen LogP contribution is -2.29. The Morgan fingerprint density at radius 3 is 2.53 bits per heavy atom. The Balaban J connectivity index is 1.76. The summed E-state index contributed by atoms with van der Waals surface area (Å²) in [4.78, 5) is 31.7. The standard InChI is InChI=1S/C29H26N2O5/c1-4-36-19-12-10-18(11-13-19)31-26(22-16-30-23-8-6-5-7-20(22)23)25(28(33)29(31)34)27(32)21-15-17(2)9-14-24(21)35-3/h5-16,26,30,32H,4H2,1-3H3/b27-25+. The molecule has 7 heteroatoms. The topological polar surface area (TPSA) is 91.9 Å². The van der Waals surface area contributed by atoms with Crippen LogP contribution in [0.15, 0.2) is 78.5 Å². The summed E-state index contributed by atoms with van der Waals surface area (Å²) in [6.07, 6.45) is 1.78. The molecule has 1 amide bonds. The zero-order valence-electron chi connectivity index (χ0n) is 20.2. The average molecular weight is 483 g/mol. The van der Waals surface area contributed by atoms with E-state index in [-0.39, 0.29) is 11.3 Å². The number of para-hydroxylation sites is 1. The number of ether oxygens (including phenoxy) is 2. The van der Waals surface area contributed by atoms with E-state index in [0.29, 0.717) is 34.9 Å². The highest BCUT2D eigenvalue weighted by Gasteiger charge is 2.48. The molecule has 3 aromatic carbocycles. The van der Waals surface area contributed by atoms with Gasteiger partial charge in [-0.15, -0.1) is 0 Å². The summed E-state index contributed by atoms with van der Waals surface area (Å²) in [6.45, 7) is 4.28. The largest absolute Gasteiger partial charge is 0.507 e. The summed E-state index contributed by atoms with van der Waals surface area (Å²) < 4.78 is 11.0. The number of fused-ring (bicyclic) bond motifs is 1. The van der Waals surface area contributed by atoms with Crippen LogP contribution in [0.3, 0.4) is 0 Å². The lowest BCUT2D eigenvalue weighted by molar-refractivity contribution is -0.132. The second kappa shape index (κ2) is 9.26. The van der Waals surface area contributed by atoms with Crippen molar-refractivity contribution in [2.45, 2.75) is 19.9 Å². The van der Waals surface area contributed by atoms with Gasteiger partial charge in [0.25, 0.3) is 11.7 Å². The van der Waals surface area contributed by atoms with Gasteiger partial charge in [-0.3, -0.25) is 14.5 Å². The third-order valence-corrected chi connectivity index (χ3v) is 6.40. The Bertz CT molecular complexity index is 1500. The van der Waals surface area contributed by atoms with Crippen molar-refractivity contribution in [3.63, 3.8) is 0 Å². The third kappa shape index (κ3) is 3.79. The molecule has 1 fully saturated rings. The highest BCUT2D eigenvalue weighted by Crippen LogP contribution is 2.45. The number of aryl methyl sites for hydroxylation is 1. The van der Waals surface area contributed by atoms with Crippen LogP contribution in [-0.4, -0.2) is 35.5 Å². The number of Topliss-reactive ketones (excluding diaryl/α,β-unsaturated/α-hetero) is 1. The monoisotopic (exact) mass is 482 g/mol. The van der Waals surface area contributed by atoms with Crippen molar-refractivity contribution in [1.29, 1.82) is 0 Å². The first-order chi connectivity index (χ1) is 17.4. The number of H-pyrrole nitrogens is 1. The number of amides is 1. The quantitative estimate of drug-likeness (QED) is 0.215. The van der Waals surface area contributed by atoms with Gasteiger partial charge in [0.15, 0.2) is 0 Å². The van der Waals surface area contributed by atoms with Gasteiger partial charge >= 0.3 is 0 Å². The summed E-state index contributed by atoms with van der Waals surface area (Å²) in [7, 11) is 1.50. The molecule has 182 valence electrons. The number of aromatic amines is 1. The minimum absolute atomic E-state index is 0.00235. The average Bonchev–Trinajstić information content (AvgIpc) is 3.43. The fourth-order valence-electron chi connectivity index (χ4n) is 4.73. The number of methoxy groups -OCH3 is 1. The molecule has 1 unspecified atom stereocenters. The van der Waals surface area contributed by atoms with Crippen LogP contribution in [-0.2, 0) is 9.59 Å². The predicted molar refractivity (Wildman–Crippen MR) is 138 cm³/mol. The first kappa shape index (κ1) is 23.2. The number of hydrogen-bond acceptors (Lipinski definition) is 5. The zero-order valence-corrected chi connectivity index (χ0v) is 20.2. The second-order valence-electron chi connectivity index (χ2n) is 8.59. The molecule has 1 aliphatic rings. The van der Waals surface area contributed by atoms with Gasteiger partial charge < -0.3 is 19.6 Å². The molecule has 1 atom stereocenters. The number of carbonyl (C=O) groups excluding carboxylic acids is 2. The first-order valence-electron chi connectivity index (χ1n) is 11.7. The fourth-order valence-corrected chi connectivity index (χ4v) is 4.73. The zero-order chi connectivity index (χ0) is 25.4. The number of aliphatic hydroxyl groups excluding tert-OH is 1. The van der Waals surface area contributed by atoms with Gasteiger partial charge in [-0.2, -0.15) is 0 Å². The van der Waals surface area contributed by atoms with Crippen LogP contribution in [0.25, 0.3) is 16.7 Å². The van der Waals surface area contributed by atoms with Gasteiger partial charge in [-0.25, -0.2) is 0 Å². The molecule has 2 heterocycles. The van der Waals surface area contributed by atoms with E-state index in [2.05, 4.69) is 4.98 Å². The number of aliphatic hydroxyl groups is 1. The van der Waals surface area contributed by atoms with E-state index in [4.69, 9.17) is 9.47 Å². The summed E-state index contributed by atoms with van der Waals surface area (Å²) in [5, 5.41) is 12.4. The normalized spacial score (nSPS) is 17.1. The maximum Gasteiger partial charge on any atom is 0.300 e. The number of nitrogens with one attached hydrogen (secondary N) is 1. The number of nitrogens with zero attached hydrogens (tertiary/aromatic N) is 1. The van der Waals surface area contributed by atoms with Gasteiger partial charge in [0.2, 0.25) is 0 Å². The van der Waals surface area contributed by atoms with Gasteiger partial charge in [0, 0.05) is 28.4 Å². The first-order valence-corrected chi connectivity index (χ1v) is 11.7. The summed E-state index contributed by atoms with van der Waals surface area (Å²) in [5.74, 6) is -0.700. The lowest BCUT2D eigenvalue weighted by Gasteiger charge is -2.25. The van der Waals surface area contributed by atoms with E-state index >= 15 is 0 Å². The van der Waals surface area contributed by atoms with Crippen LogP contribution in [0.4, 0.5) is 5.69 Å². The number of carbonyl (C=O) groups is 2. The second-order valence-corrected chi connectivity index (χ2v) is 8.59. The van der Waals surface area contributed by atoms with Crippen LogP contribution < -0.4 is 14.4 Å². The molecule has 0 saturated carbocycles. The number of hydrogen-bond donors (Lipinski definition) is 2. The smallest absolute Gasteiger partial charge is 0.300 e. The Morgan fingerprint density at radius 1 is 1.06 bits per heavy atom. The molecule has 0 aliphatic carbocycles. The Morgan fingerprint density at radius 2 is 1.81 bits per heavy atom. The van der Waals surface area contributed by atoms with Crippen molar-refractivity contribution in [3.8, 4) is 11.5 Å². The van der Waals surface area contributed by atoms with Gasteiger partial charge in [0.1, 0.15) is 17.3 Å². The van der Waals surface area contributed by atoms with Crippen molar-refractivity contribution < 1.29 is 24.2 Å². The van der Waals surface area contributed by atoms with Crippen LogP contribution in [0.5, 0.6) is 11.5 Å². The van der Waals surface area contributed by atoms with Gasteiger partial charge in [0.05, 0.1) is 30.9 Å². The summed E-state index contributed by atoms with van der Waals surface area (Å²) >= 11 is 0. The molecular weight excluding hydrogens is 456 g/mol. The molecular formula is C29H26N2O5. The maximum absolute atomic E-state index is 13.5. The lowest BCUT2D eigenvalue weighted by atomic mass is 9.94. The SMILES string of the molecule is CCOc1ccc(N2C(=O)C(=O)/C(=C(/O)c3cc(C)ccc3OC)C2c2c[nH]c3ccccc23)cc1. The molecule has 1 saturated heterocycles. The van der Waals surface area contributed by atoms with E-state index in [1.807, 2.05) is 44.2 Å². The van der Waals surface area contributed by atoms with Crippen LogP contribution in [0.1, 0.15) is 29.7 Å². The number of anilines is 1. The van der Waals surface area contributed by atoms with Gasteiger partial charge in [-0.1, -0.05) is 29.8 Å². The highest BCUT2D eigenvalue weighted by molar-refractivity contribution is 6.52. The predicted octanol–water partition coefficient (Wildman–Crippen LogP) is 5.51. The molecule has 5 rings (SSSR count). The Kier molecular flexibility index (Phi) is 5.98. The van der Waals surface area contributed by atoms with Crippen molar-refractivity contribution in [2.24, 2.45) is 0 Å². The molecule has 2 N–H and O–H groups in total. The molecule has 1 aromatic heterocycles. The number of ketones is 1. The minimum Gasteiger partial charge on any atom is -0.507 e. The fraction of sp³-hybridized carbons (Fsp3) is 0.172. The maximum atomic E-state index is 13.5. The van der Waals surface area contributed by atoms with E-state index < -0.39 is 17.7 Å². The highest BCUT2D eigenvalue weighted by atomic mass is 16.5. The molecule has 4 aromatic rings. The van der Waals surface area contributed by atoms with E-state index in [9.17, 15) is 14.7 Å². The van der Waals surface area contributed by atoms with E-state index in [1.165, 1.54) is 12.0 Å². The molecule has 0 spiro atoms. The van der Waals surface area contributed by atoms with E-state index in [1.54, 1.807) is 42.6 Å². The third-order valence-electron chi connectivity index (χ3n) is 6.40. The molecule has 7 nitrogen and oxygen atoms in total. The molecule has 0 radical (unpaired) electrons. The van der Waals surface area contributed by atoms with Gasteiger partial charge in [-0.05, 0) is 56.3 Å². The molecule has 36 heavy (non-hydrogen) atoms. The number of rotatable bonds is 6. The number of benzene rings is 3. The number of aromatic nitrogens is 1. The molecule has 0 bridgehead atoms. The van der Waals surface area contributed by atoms with Crippen LogP contribution in [0, 0.1) is 6.92 Å². The Hall–Kier alpha value is -4.52. The van der Waals surface area contributed by atoms with Crippen molar-refractivity contribution >= 4 is 34.0 Å². The van der Waals surface area contributed by atoms with Crippen LogP contribution in [0.2, 0.25) is 0 Å². The Labute approximate surface area is 208 Å². The minimum atomic E-state index is -0.857. The van der Waals surface area contributed by atoms with Crippen molar-refractivity contribution in [2.75, 3.05) is 18.6 Å². The van der Waals surface area contributed by atoms with Crippen LogP contribution >= 0.6 is 0 Å². The van der Waals surface area contributed by atoms with Crippen molar-refractivity contribution in [1.82, 2.24) is 4.98 Å².